The third-order valence-electron chi connectivity index (χ3n) is 1.34. The number of esters is 1. The van der Waals surface area contributed by atoms with Gasteiger partial charge in [0.05, 0.1) is 16.3 Å². The van der Waals surface area contributed by atoms with Crippen molar-refractivity contribution in [1.29, 1.82) is 0 Å². The van der Waals surface area contributed by atoms with E-state index in [9.17, 15) is 4.79 Å². The molecule has 1 N–H and O–H groups in total. The lowest BCUT2D eigenvalue weighted by Crippen LogP contribution is -2.12. The molecule has 0 fully saturated rings. The van der Waals surface area contributed by atoms with Crippen LogP contribution in [0.1, 0.15) is 39.3 Å². The average Bonchev–Trinajstić information content (AvgIpc) is 2.52. The largest absolute Gasteiger partial charge is 0.462 e. The summed E-state index contributed by atoms with van der Waals surface area (Å²) in [7, 11) is 0. The fourth-order valence-electron chi connectivity index (χ4n) is 0.841. The molecule has 1 rings (SSSR count). The Balaban J connectivity index is 3.20. The molecule has 0 aliphatic heterocycles. The van der Waals surface area contributed by atoms with Crippen LogP contribution in [-0.2, 0) is 4.74 Å². The first-order valence-corrected chi connectivity index (χ1v) is 4.88. The number of hydrogen-bond acceptors (Lipinski definition) is 4. The average molecular weight is 219 g/mol. The minimum Gasteiger partial charge on any atom is -0.462 e. The van der Waals surface area contributed by atoms with Crippen LogP contribution in [0.25, 0.3) is 0 Å². The van der Waals surface area contributed by atoms with Crippen LogP contribution < -0.4 is 5.32 Å². The van der Waals surface area contributed by atoms with Crippen LogP contribution in [0.3, 0.4) is 0 Å². The summed E-state index contributed by atoms with van der Waals surface area (Å²) < 4.78 is 49.6. The molecule has 1 aromatic rings. The van der Waals surface area contributed by atoms with Crippen LogP contribution in [0, 0.1) is 0 Å². The van der Waals surface area contributed by atoms with E-state index in [1.807, 2.05) is 0 Å². The molecule has 3 nitrogen and oxygen atoms in total. The van der Waals surface area contributed by atoms with E-state index in [1.54, 1.807) is 6.92 Å². The molecule has 1 heterocycles. The highest BCUT2D eigenvalue weighted by molar-refractivity contribution is 7.14. The number of rotatable bonds is 4. The molecule has 1 unspecified atom stereocenters. The molecule has 0 aromatic carbocycles. The van der Waals surface area contributed by atoms with E-state index in [2.05, 4.69) is 5.32 Å². The van der Waals surface area contributed by atoms with Crippen molar-refractivity contribution in [3.05, 3.63) is 17.0 Å². The van der Waals surface area contributed by atoms with Crippen molar-refractivity contribution < 1.29 is 17.8 Å². The van der Waals surface area contributed by atoms with Crippen LogP contribution >= 0.6 is 11.3 Å². The molecule has 0 aliphatic rings. The van der Waals surface area contributed by atoms with Crippen LogP contribution in [0.15, 0.2) is 11.4 Å². The second kappa shape index (κ2) is 5.00. The summed E-state index contributed by atoms with van der Waals surface area (Å²) >= 11 is 0.735. The Morgan fingerprint density at radius 2 is 2.79 bits per heavy atom. The molecule has 0 bridgehead atoms. The minimum atomic E-state index is -2.63. The van der Waals surface area contributed by atoms with Gasteiger partial charge in [0.1, 0.15) is 5.00 Å². The predicted octanol–water partition coefficient (Wildman–Crippen LogP) is 2.75. The molecule has 14 heavy (non-hydrogen) atoms. The summed E-state index contributed by atoms with van der Waals surface area (Å²) in [6.45, 7) is 0.202. The second-order valence-corrected chi connectivity index (χ2v) is 3.32. The van der Waals surface area contributed by atoms with Crippen molar-refractivity contribution in [3.8, 4) is 0 Å². The molecule has 1 aromatic heterocycles. The zero-order valence-electron chi connectivity index (χ0n) is 13.9. The highest BCUT2D eigenvalue weighted by atomic mass is 32.1. The number of carbonyl (C=O) groups excluding carboxylic acids is 1. The quantitative estimate of drug-likeness (QED) is 0.791. The Morgan fingerprint density at radius 1 is 2.00 bits per heavy atom. The van der Waals surface area contributed by atoms with Gasteiger partial charge < -0.3 is 10.1 Å². The Labute approximate surface area is 96.5 Å². The van der Waals surface area contributed by atoms with Crippen molar-refractivity contribution in [2.45, 2.75) is 26.7 Å². The lowest BCUT2D eigenvalue weighted by molar-refractivity contribution is 0.0528. The maximum absolute atomic E-state index is 11.8. The van der Waals surface area contributed by atoms with Crippen molar-refractivity contribution >= 4 is 22.3 Å². The maximum atomic E-state index is 11.8. The Bertz CT molecular complexity index is 511. The maximum Gasteiger partial charge on any atom is 0.341 e. The molecule has 0 saturated heterocycles. The van der Waals surface area contributed by atoms with Gasteiger partial charge in [-0.05, 0) is 32.1 Å². The van der Waals surface area contributed by atoms with Gasteiger partial charge in [-0.1, -0.05) is 0 Å². The zero-order valence-corrected chi connectivity index (χ0v) is 8.75. The van der Waals surface area contributed by atoms with Gasteiger partial charge in [-0.3, -0.25) is 0 Å². The van der Waals surface area contributed by atoms with Gasteiger partial charge in [-0.2, -0.15) is 0 Å². The summed E-state index contributed by atoms with van der Waals surface area (Å²) in [5.41, 5.74) is -0.204. The fraction of sp³-hybridized carbons (Fsp3) is 0.500. The van der Waals surface area contributed by atoms with Crippen LogP contribution in [0.4, 0.5) is 5.00 Å². The van der Waals surface area contributed by atoms with Gasteiger partial charge >= 0.3 is 5.97 Å². The second-order valence-electron chi connectivity index (χ2n) is 2.50. The normalized spacial score (nSPS) is 21.6. The van der Waals surface area contributed by atoms with Crippen molar-refractivity contribution in [1.82, 2.24) is 0 Å². The topological polar surface area (TPSA) is 38.3 Å². The van der Waals surface area contributed by atoms with E-state index in [-0.39, 0.29) is 28.6 Å². The Kier molecular flexibility index (Phi) is 1.85. The smallest absolute Gasteiger partial charge is 0.341 e. The van der Waals surface area contributed by atoms with Gasteiger partial charge in [0.2, 0.25) is 0 Å². The van der Waals surface area contributed by atoms with Gasteiger partial charge in [0, 0.05) is 10.1 Å². The first-order valence-electron chi connectivity index (χ1n) is 7.06. The van der Waals surface area contributed by atoms with Crippen molar-refractivity contribution in [2.75, 3.05) is 11.9 Å². The van der Waals surface area contributed by atoms with Crippen molar-refractivity contribution in [2.24, 2.45) is 0 Å². The van der Waals surface area contributed by atoms with Gasteiger partial charge in [-0.15, -0.1) is 11.3 Å². The molecule has 0 radical (unpaired) electrons. The molecular formula is C10H15NO2S. The van der Waals surface area contributed by atoms with Crippen molar-refractivity contribution in [3.63, 3.8) is 0 Å². The summed E-state index contributed by atoms with van der Waals surface area (Å²) in [5, 5.41) is 2.20. The summed E-state index contributed by atoms with van der Waals surface area (Å²) in [4.78, 5) is 11.8. The Morgan fingerprint density at radius 3 is 3.43 bits per heavy atom. The third-order valence-corrected chi connectivity index (χ3v) is 2.05. The van der Waals surface area contributed by atoms with Gasteiger partial charge in [0.25, 0.3) is 0 Å². The summed E-state index contributed by atoms with van der Waals surface area (Å²) in [6.07, 6.45) is 0. The molecule has 4 heteroatoms. The van der Waals surface area contributed by atoms with Crippen LogP contribution in [0.5, 0.6) is 0 Å². The first-order chi connectivity index (χ1) is 9.01. The molecule has 0 saturated carbocycles. The van der Waals surface area contributed by atoms with E-state index >= 15 is 0 Å². The van der Waals surface area contributed by atoms with E-state index in [1.165, 1.54) is 0 Å². The third kappa shape index (κ3) is 2.73. The SMILES string of the molecule is [2H]c1sc(NC([2H])(C)C([2H])([2H])[2H])c(C(=O)OCC)c1[2H]. The minimum absolute atomic E-state index is 0.00734. The number of nitrogens with one attached hydrogen (secondary N) is 1. The zero-order chi connectivity index (χ0) is 15.7. The molecule has 1 atom stereocenters. The summed E-state index contributed by atoms with van der Waals surface area (Å²) in [6, 6.07) is -2.38. The standard InChI is InChI=1S/C10H15NO2S/c1-4-13-10(12)8-5-6-14-9(8)11-7(2)3/h5-7,11H,4H2,1-3H3/i2D3,5D,6D,7D. The molecule has 0 aliphatic carbocycles. The lowest BCUT2D eigenvalue weighted by Gasteiger charge is -2.09. The predicted molar refractivity (Wildman–Crippen MR) is 59.0 cm³/mol. The number of anilines is 1. The van der Waals surface area contributed by atoms with Crippen LogP contribution in [0.2, 0.25) is 0 Å². The molecule has 78 valence electrons. The highest BCUT2D eigenvalue weighted by Gasteiger charge is 2.13. The summed E-state index contributed by atoms with van der Waals surface area (Å²) in [5.74, 6) is -0.809. The monoisotopic (exact) mass is 219 g/mol. The number of carbonyl (C=O) groups is 1. The van der Waals surface area contributed by atoms with E-state index in [0.29, 0.717) is 0 Å². The number of ether oxygens (including phenoxy) is 1. The lowest BCUT2D eigenvalue weighted by atomic mass is 10.3. The van der Waals surface area contributed by atoms with Crippen LogP contribution in [-0.4, -0.2) is 18.6 Å². The number of thiophene rings is 1. The fourth-order valence-corrected chi connectivity index (χ4v) is 1.54. The van der Waals surface area contributed by atoms with Gasteiger partial charge in [0.15, 0.2) is 0 Å². The van der Waals surface area contributed by atoms with Gasteiger partial charge in [-0.25, -0.2) is 4.79 Å². The highest BCUT2D eigenvalue weighted by Crippen LogP contribution is 2.24. The number of hydrogen-bond donors (Lipinski definition) is 1. The molecule has 0 amide bonds. The molecule has 0 spiro atoms. The molecular weight excluding hydrogens is 198 g/mol. The van der Waals surface area contributed by atoms with E-state index < -0.39 is 18.8 Å². The Hall–Kier alpha value is -1.03. The van der Waals surface area contributed by atoms with E-state index in [0.717, 1.165) is 18.3 Å². The van der Waals surface area contributed by atoms with E-state index in [4.69, 9.17) is 13.0 Å². The first kappa shape index (κ1) is 5.16.